The van der Waals surface area contributed by atoms with Crippen molar-refractivity contribution in [2.24, 2.45) is 5.73 Å². The molecule has 0 aliphatic carbocycles. The van der Waals surface area contributed by atoms with Crippen LogP contribution in [0.5, 0.6) is 0 Å². The smallest absolute Gasteiger partial charge is 0.253 e. The Morgan fingerprint density at radius 1 is 1.29 bits per heavy atom. The zero-order valence-electron chi connectivity index (χ0n) is 7.05. The number of aromatic nitrogens is 1. The van der Waals surface area contributed by atoms with Crippen LogP contribution in [0.2, 0.25) is 10.3 Å². The van der Waals surface area contributed by atoms with Crippen LogP contribution < -0.4 is 5.73 Å². The quantitative estimate of drug-likeness (QED) is 0.825. The third-order valence-corrected chi connectivity index (χ3v) is 2.00. The topological polar surface area (TPSA) is 38.9 Å². The first-order valence-corrected chi connectivity index (χ1v) is 4.60. The zero-order valence-corrected chi connectivity index (χ0v) is 8.56. The highest BCUT2D eigenvalue weighted by Crippen LogP contribution is 2.16. The van der Waals surface area contributed by atoms with E-state index in [0.717, 1.165) is 0 Å². The number of pyridine rings is 1. The number of nitrogens with two attached hydrogens (primary N) is 1. The van der Waals surface area contributed by atoms with Gasteiger partial charge < -0.3 is 5.73 Å². The van der Waals surface area contributed by atoms with Crippen molar-refractivity contribution in [1.29, 1.82) is 0 Å². The zero-order chi connectivity index (χ0) is 10.7. The van der Waals surface area contributed by atoms with Crippen LogP contribution in [-0.2, 0) is 6.42 Å². The van der Waals surface area contributed by atoms with E-state index in [2.05, 4.69) is 4.98 Å². The monoisotopic (exact) mass is 240 g/mol. The third kappa shape index (κ3) is 3.36. The average Bonchev–Trinajstić information content (AvgIpc) is 2.01. The van der Waals surface area contributed by atoms with Crippen molar-refractivity contribution in [2.75, 3.05) is 0 Å². The van der Waals surface area contributed by atoms with E-state index in [4.69, 9.17) is 28.9 Å². The van der Waals surface area contributed by atoms with Gasteiger partial charge in [-0.2, -0.15) is 0 Å². The normalized spacial score (nSPS) is 13.3. The summed E-state index contributed by atoms with van der Waals surface area (Å²) in [7, 11) is 0. The molecule has 0 radical (unpaired) electrons. The number of hydrogen-bond acceptors (Lipinski definition) is 2. The summed E-state index contributed by atoms with van der Waals surface area (Å²) in [5, 5.41) is 0.350. The van der Waals surface area contributed by atoms with Crippen LogP contribution in [0, 0.1) is 0 Å². The first kappa shape index (κ1) is 11.6. The summed E-state index contributed by atoms with van der Waals surface area (Å²) in [6, 6.07) is 1.73. The van der Waals surface area contributed by atoms with Gasteiger partial charge in [-0.25, -0.2) is 13.8 Å². The van der Waals surface area contributed by atoms with E-state index in [1.54, 1.807) is 0 Å². The molecule has 0 bridgehead atoms. The average molecular weight is 241 g/mol. The fraction of sp³-hybridized carbons (Fsp3) is 0.375. The molecule has 0 amide bonds. The molecule has 2 nitrogen and oxygen atoms in total. The highest BCUT2D eigenvalue weighted by Gasteiger charge is 2.16. The van der Waals surface area contributed by atoms with Crippen LogP contribution in [0.4, 0.5) is 8.78 Å². The molecule has 0 saturated heterocycles. The summed E-state index contributed by atoms with van der Waals surface area (Å²) in [5.41, 5.74) is 5.75. The first-order valence-electron chi connectivity index (χ1n) is 3.84. The van der Waals surface area contributed by atoms with Crippen LogP contribution in [0.25, 0.3) is 0 Å². The number of hydrogen-bond donors (Lipinski definition) is 1. The Morgan fingerprint density at radius 2 is 1.79 bits per heavy atom. The lowest BCUT2D eigenvalue weighted by Gasteiger charge is -2.10. The third-order valence-electron chi connectivity index (χ3n) is 1.62. The van der Waals surface area contributed by atoms with Crippen molar-refractivity contribution in [3.63, 3.8) is 0 Å². The molecule has 1 atom stereocenters. The van der Waals surface area contributed by atoms with Gasteiger partial charge in [0.1, 0.15) is 10.3 Å². The molecule has 0 saturated carbocycles. The van der Waals surface area contributed by atoms with Crippen LogP contribution in [0.1, 0.15) is 5.56 Å². The largest absolute Gasteiger partial charge is 0.323 e. The van der Waals surface area contributed by atoms with E-state index in [0.29, 0.717) is 5.56 Å². The maximum atomic E-state index is 12.1. The van der Waals surface area contributed by atoms with Gasteiger partial charge in [0, 0.05) is 0 Å². The fourth-order valence-electron chi connectivity index (χ4n) is 0.993. The molecule has 1 rings (SSSR count). The van der Waals surface area contributed by atoms with Crippen LogP contribution in [-0.4, -0.2) is 17.5 Å². The Balaban J connectivity index is 2.76. The Hall–Kier alpha value is -0.450. The predicted octanol–water partition coefficient (Wildman–Crippen LogP) is 2.52. The minimum Gasteiger partial charge on any atom is -0.323 e. The highest BCUT2D eigenvalue weighted by molar-refractivity contribution is 6.32. The minimum absolute atomic E-state index is 0.0274. The number of nitrogens with zero attached hydrogens (tertiary/aromatic N) is 1. The van der Waals surface area contributed by atoms with Gasteiger partial charge in [-0.05, 0) is 24.1 Å². The molecular formula is C8H8Cl2F2N2. The first-order chi connectivity index (χ1) is 6.49. The molecular weight excluding hydrogens is 233 g/mol. The van der Waals surface area contributed by atoms with Gasteiger partial charge in [-0.3, -0.25) is 0 Å². The molecule has 6 heteroatoms. The summed E-state index contributed by atoms with van der Waals surface area (Å²) >= 11 is 11.2. The van der Waals surface area contributed by atoms with Crippen molar-refractivity contribution >= 4 is 23.2 Å². The Bertz CT molecular complexity index is 300. The summed E-state index contributed by atoms with van der Waals surface area (Å²) in [5.74, 6) is 0. The predicted molar refractivity (Wildman–Crippen MR) is 51.9 cm³/mol. The van der Waals surface area contributed by atoms with Crippen molar-refractivity contribution < 1.29 is 8.78 Å². The van der Waals surface area contributed by atoms with Gasteiger partial charge in [0.25, 0.3) is 6.43 Å². The van der Waals surface area contributed by atoms with E-state index < -0.39 is 12.5 Å². The van der Waals surface area contributed by atoms with Gasteiger partial charge in [0.05, 0.1) is 6.04 Å². The van der Waals surface area contributed by atoms with E-state index in [9.17, 15) is 8.78 Å². The summed E-state index contributed by atoms with van der Waals surface area (Å²) in [6.45, 7) is 0. The molecule has 14 heavy (non-hydrogen) atoms. The lowest BCUT2D eigenvalue weighted by Crippen LogP contribution is -2.30. The van der Waals surface area contributed by atoms with Gasteiger partial charge in [0.2, 0.25) is 0 Å². The minimum atomic E-state index is -2.55. The van der Waals surface area contributed by atoms with Crippen molar-refractivity contribution in [3.05, 3.63) is 28.0 Å². The van der Waals surface area contributed by atoms with E-state index in [1.165, 1.54) is 12.1 Å². The molecule has 0 spiro atoms. The number of alkyl halides is 2. The van der Waals surface area contributed by atoms with Crippen molar-refractivity contribution in [2.45, 2.75) is 18.9 Å². The second-order valence-electron chi connectivity index (χ2n) is 2.82. The molecule has 0 aromatic carbocycles. The molecule has 1 heterocycles. The molecule has 0 aliphatic heterocycles. The van der Waals surface area contributed by atoms with E-state index in [-0.39, 0.29) is 16.7 Å². The van der Waals surface area contributed by atoms with Crippen LogP contribution >= 0.6 is 23.2 Å². The standard InChI is InChI=1S/C8H8Cl2F2N2/c9-6-2-4(3-7(10)14-6)1-5(13)8(11)12/h2-3,5,8H,1,13H2. The lowest BCUT2D eigenvalue weighted by molar-refractivity contribution is 0.116. The number of rotatable bonds is 3. The Morgan fingerprint density at radius 3 is 2.21 bits per heavy atom. The Kier molecular flexibility index (Phi) is 4.04. The SMILES string of the molecule is NC(Cc1cc(Cl)nc(Cl)c1)C(F)F. The van der Waals surface area contributed by atoms with E-state index in [1.807, 2.05) is 0 Å². The van der Waals surface area contributed by atoms with Gasteiger partial charge in [0.15, 0.2) is 0 Å². The van der Waals surface area contributed by atoms with Crippen LogP contribution in [0.15, 0.2) is 12.1 Å². The van der Waals surface area contributed by atoms with Crippen LogP contribution in [0.3, 0.4) is 0 Å². The molecule has 0 aliphatic rings. The number of halogens is 4. The Labute approximate surface area is 90.0 Å². The van der Waals surface area contributed by atoms with Crippen molar-refractivity contribution in [3.8, 4) is 0 Å². The second-order valence-corrected chi connectivity index (χ2v) is 3.60. The molecule has 1 aromatic heterocycles. The van der Waals surface area contributed by atoms with Gasteiger partial charge >= 0.3 is 0 Å². The fourth-order valence-corrected chi connectivity index (χ4v) is 1.50. The second kappa shape index (κ2) is 4.87. The molecule has 1 unspecified atom stereocenters. The van der Waals surface area contributed by atoms with E-state index >= 15 is 0 Å². The maximum absolute atomic E-state index is 12.1. The van der Waals surface area contributed by atoms with Gasteiger partial charge in [-0.1, -0.05) is 23.2 Å². The molecule has 0 fully saturated rings. The molecule has 1 aromatic rings. The lowest BCUT2D eigenvalue weighted by atomic mass is 10.1. The highest BCUT2D eigenvalue weighted by atomic mass is 35.5. The summed E-state index contributed by atoms with van der Waals surface area (Å²) < 4.78 is 24.2. The molecule has 2 N–H and O–H groups in total. The molecule has 78 valence electrons. The summed E-state index contributed by atoms with van der Waals surface area (Å²) in [4.78, 5) is 3.69. The van der Waals surface area contributed by atoms with Crippen molar-refractivity contribution in [1.82, 2.24) is 4.98 Å². The maximum Gasteiger partial charge on any atom is 0.253 e. The summed E-state index contributed by atoms with van der Waals surface area (Å²) in [6.07, 6.45) is -2.53. The van der Waals surface area contributed by atoms with Gasteiger partial charge in [-0.15, -0.1) is 0 Å².